The number of aryl methyl sites for hydroxylation is 1. The molecule has 4 rings (SSSR count). The summed E-state index contributed by atoms with van der Waals surface area (Å²) < 4.78 is 25.5. The van der Waals surface area contributed by atoms with Crippen LogP contribution in [0.3, 0.4) is 0 Å². The van der Waals surface area contributed by atoms with Crippen molar-refractivity contribution >= 4 is 33.2 Å². The van der Waals surface area contributed by atoms with Gasteiger partial charge in [0, 0.05) is 6.54 Å². The van der Waals surface area contributed by atoms with Crippen LogP contribution in [0.5, 0.6) is 0 Å². The molecule has 2 amide bonds. The first-order valence-corrected chi connectivity index (χ1v) is 9.81. The minimum Gasteiger partial charge on any atom is -0.270 e. The molecule has 0 aromatic heterocycles. The minimum atomic E-state index is -3.42. The molecule has 0 radical (unpaired) electrons. The second kappa shape index (κ2) is 5.42. The Morgan fingerprint density at radius 2 is 1.60 bits per heavy atom. The van der Waals surface area contributed by atoms with E-state index in [-0.39, 0.29) is 11.8 Å². The van der Waals surface area contributed by atoms with Gasteiger partial charge in [0.2, 0.25) is 10.0 Å². The van der Waals surface area contributed by atoms with Crippen molar-refractivity contribution in [2.75, 3.05) is 22.0 Å². The molecule has 6 nitrogen and oxygen atoms in total. The van der Waals surface area contributed by atoms with Crippen molar-refractivity contribution < 1.29 is 18.0 Å². The van der Waals surface area contributed by atoms with Gasteiger partial charge in [-0.1, -0.05) is 18.2 Å². The molecule has 0 atom stereocenters. The van der Waals surface area contributed by atoms with Gasteiger partial charge in [-0.25, -0.2) is 13.3 Å². The Labute approximate surface area is 145 Å². The van der Waals surface area contributed by atoms with Crippen LogP contribution in [0, 0.1) is 0 Å². The maximum absolute atomic E-state index is 12.6. The summed E-state index contributed by atoms with van der Waals surface area (Å²) in [5.74, 6) is -0.774. The number of fused-ring (bicyclic) bond motifs is 2. The molecule has 0 N–H and O–H groups in total. The molecule has 0 unspecified atom stereocenters. The van der Waals surface area contributed by atoms with Gasteiger partial charge in [-0.05, 0) is 42.7 Å². The molecule has 0 saturated heterocycles. The summed E-state index contributed by atoms with van der Waals surface area (Å²) in [6.45, 7) is 0.400. The predicted octanol–water partition coefficient (Wildman–Crippen LogP) is 2.20. The van der Waals surface area contributed by atoms with E-state index in [1.165, 1.54) is 4.31 Å². The van der Waals surface area contributed by atoms with Gasteiger partial charge in [0.15, 0.2) is 0 Å². The summed E-state index contributed by atoms with van der Waals surface area (Å²) in [4.78, 5) is 26.4. The van der Waals surface area contributed by atoms with Gasteiger partial charge >= 0.3 is 0 Å². The third kappa shape index (κ3) is 2.42. The van der Waals surface area contributed by atoms with Crippen molar-refractivity contribution in [3.05, 3.63) is 59.2 Å². The van der Waals surface area contributed by atoms with Crippen molar-refractivity contribution in [3.63, 3.8) is 0 Å². The zero-order chi connectivity index (χ0) is 17.8. The second-order valence-electron chi connectivity index (χ2n) is 6.24. The van der Waals surface area contributed by atoms with Crippen molar-refractivity contribution in [2.45, 2.75) is 12.8 Å². The number of nitrogens with zero attached hydrogens (tertiary/aromatic N) is 2. The highest BCUT2D eigenvalue weighted by Gasteiger charge is 2.37. The fourth-order valence-corrected chi connectivity index (χ4v) is 4.42. The number of carbonyl (C=O) groups is 2. The monoisotopic (exact) mass is 356 g/mol. The second-order valence-corrected chi connectivity index (χ2v) is 8.15. The Morgan fingerprint density at radius 1 is 0.960 bits per heavy atom. The number of anilines is 2. The molecule has 2 heterocycles. The zero-order valence-corrected chi connectivity index (χ0v) is 14.4. The van der Waals surface area contributed by atoms with Crippen molar-refractivity contribution in [1.82, 2.24) is 0 Å². The summed E-state index contributed by atoms with van der Waals surface area (Å²) in [5.41, 5.74) is 2.57. The molecular weight excluding hydrogens is 340 g/mol. The largest absolute Gasteiger partial charge is 0.270 e. The minimum absolute atomic E-state index is 0.366. The summed E-state index contributed by atoms with van der Waals surface area (Å²) in [7, 11) is -3.42. The SMILES string of the molecule is CS(=O)(=O)N1CCCc2ccc(N3C(=O)c4ccccc4C3=O)cc21. The van der Waals surface area contributed by atoms with Crippen molar-refractivity contribution in [1.29, 1.82) is 0 Å². The third-order valence-electron chi connectivity index (χ3n) is 4.60. The maximum atomic E-state index is 12.6. The van der Waals surface area contributed by atoms with Gasteiger partial charge in [0.05, 0.1) is 28.8 Å². The average molecular weight is 356 g/mol. The van der Waals surface area contributed by atoms with E-state index in [1.54, 1.807) is 42.5 Å². The van der Waals surface area contributed by atoms with E-state index in [2.05, 4.69) is 0 Å². The van der Waals surface area contributed by atoms with E-state index in [0.717, 1.165) is 29.6 Å². The Kier molecular flexibility index (Phi) is 3.43. The van der Waals surface area contributed by atoms with E-state index in [4.69, 9.17) is 0 Å². The molecule has 0 bridgehead atoms. The first-order chi connectivity index (χ1) is 11.9. The first-order valence-electron chi connectivity index (χ1n) is 7.96. The fourth-order valence-electron chi connectivity index (χ4n) is 3.44. The normalized spacial score (nSPS) is 16.8. The number of rotatable bonds is 2. The quantitative estimate of drug-likeness (QED) is 0.773. The highest BCUT2D eigenvalue weighted by molar-refractivity contribution is 7.92. The summed E-state index contributed by atoms with van der Waals surface area (Å²) in [6, 6.07) is 11.8. The molecule has 0 fully saturated rings. The van der Waals surface area contributed by atoms with Gasteiger partial charge in [0.25, 0.3) is 11.8 Å². The van der Waals surface area contributed by atoms with Crippen LogP contribution in [0.4, 0.5) is 11.4 Å². The predicted molar refractivity (Wildman–Crippen MR) is 94.5 cm³/mol. The first kappa shape index (κ1) is 15.8. The molecular formula is C18H16N2O4S. The summed E-state index contributed by atoms with van der Waals surface area (Å²) in [5, 5.41) is 0. The Morgan fingerprint density at radius 3 is 2.20 bits per heavy atom. The molecule has 7 heteroatoms. The van der Waals surface area contributed by atoms with Crippen LogP contribution in [-0.4, -0.2) is 33.0 Å². The summed E-state index contributed by atoms with van der Waals surface area (Å²) >= 11 is 0. The Balaban J connectivity index is 1.81. The molecule has 128 valence electrons. The Hall–Kier alpha value is -2.67. The number of carbonyl (C=O) groups excluding carboxylic acids is 2. The molecule has 0 spiro atoms. The van der Waals surface area contributed by atoms with Crippen LogP contribution in [0.15, 0.2) is 42.5 Å². The van der Waals surface area contributed by atoms with Crippen LogP contribution < -0.4 is 9.21 Å². The number of benzene rings is 2. The van der Waals surface area contributed by atoms with Crippen LogP contribution in [-0.2, 0) is 16.4 Å². The molecule has 25 heavy (non-hydrogen) atoms. The Bertz CT molecular complexity index is 978. The molecule has 2 aromatic carbocycles. The van der Waals surface area contributed by atoms with Crippen molar-refractivity contribution in [2.24, 2.45) is 0 Å². The van der Waals surface area contributed by atoms with E-state index in [1.807, 2.05) is 0 Å². The van der Waals surface area contributed by atoms with Gasteiger partial charge < -0.3 is 0 Å². The maximum Gasteiger partial charge on any atom is 0.266 e. The van der Waals surface area contributed by atoms with E-state index in [0.29, 0.717) is 29.0 Å². The lowest BCUT2D eigenvalue weighted by atomic mass is 10.0. The lowest BCUT2D eigenvalue weighted by Gasteiger charge is -2.30. The lowest BCUT2D eigenvalue weighted by Crippen LogP contribution is -2.35. The van der Waals surface area contributed by atoms with Crippen LogP contribution in [0.2, 0.25) is 0 Å². The van der Waals surface area contributed by atoms with Crippen LogP contribution in [0.1, 0.15) is 32.7 Å². The van der Waals surface area contributed by atoms with Crippen LogP contribution >= 0.6 is 0 Å². The average Bonchev–Trinajstić information content (AvgIpc) is 2.84. The van der Waals surface area contributed by atoms with Gasteiger partial charge in [-0.15, -0.1) is 0 Å². The smallest absolute Gasteiger partial charge is 0.266 e. The van der Waals surface area contributed by atoms with Gasteiger partial charge in [-0.3, -0.25) is 13.9 Å². The number of hydrogen-bond acceptors (Lipinski definition) is 4. The van der Waals surface area contributed by atoms with E-state index < -0.39 is 10.0 Å². The van der Waals surface area contributed by atoms with Crippen LogP contribution in [0.25, 0.3) is 0 Å². The number of imide groups is 1. The zero-order valence-electron chi connectivity index (χ0n) is 13.6. The standard InChI is InChI=1S/C18H16N2O4S/c1-25(23,24)19-10-4-5-12-8-9-13(11-16(12)19)20-17(21)14-6-2-3-7-15(14)18(20)22/h2-3,6-9,11H,4-5,10H2,1H3. The third-order valence-corrected chi connectivity index (χ3v) is 5.78. The molecule has 2 aliphatic rings. The molecule has 0 aliphatic carbocycles. The van der Waals surface area contributed by atoms with Crippen molar-refractivity contribution in [3.8, 4) is 0 Å². The molecule has 0 saturated carbocycles. The van der Waals surface area contributed by atoms with Gasteiger partial charge in [0.1, 0.15) is 0 Å². The van der Waals surface area contributed by atoms with E-state index in [9.17, 15) is 18.0 Å². The van der Waals surface area contributed by atoms with E-state index >= 15 is 0 Å². The lowest BCUT2D eigenvalue weighted by molar-refractivity contribution is 0.0926. The summed E-state index contributed by atoms with van der Waals surface area (Å²) in [6.07, 6.45) is 2.67. The molecule has 2 aromatic rings. The number of sulfonamides is 1. The highest BCUT2D eigenvalue weighted by Crippen LogP contribution is 2.35. The topological polar surface area (TPSA) is 74.8 Å². The number of amides is 2. The highest BCUT2D eigenvalue weighted by atomic mass is 32.2. The number of hydrogen-bond donors (Lipinski definition) is 0. The molecule has 2 aliphatic heterocycles. The van der Waals surface area contributed by atoms with Gasteiger partial charge in [-0.2, -0.15) is 0 Å². The fraction of sp³-hybridized carbons (Fsp3) is 0.222.